The predicted molar refractivity (Wildman–Crippen MR) is 76.9 cm³/mol. The van der Waals surface area contributed by atoms with Crippen molar-refractivity contribution in [3.63, 3.8) is 0 Å². The van der Waals surface area contributed by atoms with Gasteiger partial charge in [0.25, 0.3) is 0 Å². The molecule has 0 amide bonds. The Kier molecular flexibility index (Phi) is 2.89. The van der Waals surface area contributed by atoms with Gasteiger partial charge in [-0.3, -0.25) is 4.40 Å². The number of benzene rings is 1. The van der Waals surface area contributed by atoms with Crippen LogP contribution in [0.5, 0.6) is 0 Å². The predicted octanol–water partition coefficient (Wildman–Crippen LogP) is 3.24. The molecular weight excluding hydrogens is 255 g/mol. The van der Waals surface area contributed by atoms with Gasteiger partial charge in [0.1, 0.15) is 5.82 Å². The molecule has 2 heterocycles. The van der Waals surface area contributed by atoms with Crippen LogP contribution in [0.4, 0.5) is 10.1 Å². The number of nitrogens with zero attached hydrogens (tertiary/aromatic N) is 3. The van der Waals surface area contributed by atoms with Crippen LogP contribution in [0.1, 0.15) is 25.3 Å². The van der Waals surface area contributed by atoms with E-state index in [-0.39, 0.29) is 5.82 Å². The van der Waals surface area contributed by atoms with E-state index in [1.54, 1.807) is 18.5 Å². The van der Waals surface area contributed by atoms with E-state index in [1.807, 2.05) is 10.6 Å². The van der Waals surface area contributed by atoms with E-state index < -0.39 is 0 Å². The van der Waals surface area contributed by atoms with Crippen molar-refractivity contribution in [1.82, 2.24) is 14.4 Å². The molecule has 1 aromatic carbocycles. The third-order valence-corrected chi connectivity index (χ3v) is 3.26. The fourth-order valence-electron chi connectivity index (χ4n) is 2.07. The van der Waals surface area contributed by atoms with E-state index in [1.165, 1.54) is 12.1 Å². The Balaban J connectivity index is 2.15. The molecule has 0 saturated heterocycles. The normalized spacial score (nSPS) is 11.4. The van der Waals surface area contributed by atoms with Gasteiger partial charge in [-0.15, -0.1) is 0 Å². The van der Waals surface area contributed by atoms with Crippen molar-refractivity contribution in [2.24, 2.45) is 0 Å². The van der Waals surface area contributed by atoms with E-state index in [0.29, 0.717) is 28.6 Å². The van der Waals surface area contributed by atoms with Gasteiger partial charge in [0, 0.05) is 29.8 Å². The molecule has 102 valence electrons. The van der Waals surface area contributed by atoms with Gasteiger partial charge in [-0.05, 0) is 29.7 Å². The van der Waals surface area contributed by atoms with Crippen LogP contribution < -0.4 is 5.73 Å². The van der Waals surface area contributed by atoms with E-state index in [4.69, 9.17) is 5.73 Å². The lowest BCUT2D eigenvalue weighted by Gasteiger charge is -2.03. The number of rotatable bonds is 2. The maximum atomic E-state index is 13.9. The number of fused-ring (bicyclic) bond motifs is 1. The van der Waals surface area contributed by atoms with Crippen LogP contribution in [0.25, 0.3) is 17.0 Å². The van der Waals surface area contributed by atoms with Crippen LogP contribution in [0, 0.1) is 5.82 Å². The molecule has 0 radical (unpaired) electrons. The van der Waals surface area contributed by atoms with E-state index in [0.717, 1.165) is 5.56 Å². The molecule has 0 aliphatic heterocycles. The first-order valence-corrected chi connectivity index (χ1v) is 6.44. The van der Waals surface area contributed by atoms with Crippen molar-refractivity contribution >= 4 is 11.5 Å². The zero-order valence-corrected chi connectivity index (χ0v) is 11.3. The number of aromatic nitrogens is 3. The molecular formula is C15H15FN4. The van der Waals surface area contributed by atoms with Gasteiger partial charge < -0.3 is 5.73 Å². The van der Waals surface area contributed by atoms with Crippen molar-refractivity contribution in [3.05, 3.63) is 48.2 Å². The molecule has 0 aliphatic carbocycles. The average Bonchev–Trinajstić information content (AvgIpc) is 2.83. The van der Waals surface area contributed by atoms with Crippen LogP contribution in [-0.2, 0) is 0 Å². The van der Waals surface area contributed by atoms with E-state index in [9.17, 15) is 4.39 Å². The maximum Gasteiger partial charge on any atom is 0.234 e. The van der Waals surface area contributed by atoms with E-state index in [2.05, 4.69) is 23.8 Å². The molecule has 2 N–H and O–H groups in total. The Morgan fingerprint density at radius 2 is 2.05 bits per heavy atom. The number of hydrogen-bond donors (Lipinski definition) is 1. The van der Waals surface area contributed by atoms with Crippen molar-refractivity contribution < 1.29 is 4.39 Å². The minimum Gasteiger partial charge on any atom is -0.399 e. The summed E-state index contributed by atoms with van der Waals surface area (Å²) in [6, 6.07) is 4.46. The molecule has 0 saturated carbocycles. The highest BCUT2D eigenvalue weighted by Crippen LogP contribution is 2.24. The van der Waals surface area contributed by atoms with Gasteiger partial charge in [0.15, 0.2) is 0 Å². The Labute approximate surface area is 116 Å². The van der Waals surface area contributed by atoms with Gasteiger partial charge >= 0.3 is 0 Å². The van der Waals surface area contributed by atoms with Crippen LogP contribution in [0.2, 0.25) is 0 Å². The highest BCUT2D eigenvalue weighted by atomic mass is 19.1. The third kappa shape index (κ3) is 2.11. The number of hydrogen-bond acceptors (Lipinski definition) is 3. The number of halogens is 1. The lowest BCUT2D eigenvalue weighted by atomic mass is 10.1. The summed E-state index contributed by atoms with van der Waals surface area (Å²) in [7, 11) is 0. The number of imidazole rings is 1. The number of nitrogens with two attached hydrogens (primary N) is 1. The van der Waals surface area contributed by atoms with Crippen LogP contribution in [0.3, 0.4) is 0 Å². The standard InChI is InChI=1S/C15H15FN4/c1-9(2)10-6-18-15-19-14(8-20(15)7-10)12-5-11(17)3-4-13(12)16/h3-9H,17H2,1-2H3. The molecule has 0 aliphatic rings. The molecule has 4 nitrogen and oxygen atoms in total. The first-order valence-electron chi connectivity index (χ1n) is 6.44. The van der Waals surface area contributed by atoms with Gasteiger partial charge in [-0.1, -0.05) is 13.8 Å². The SMILES string of the molecule is CC(C)c1cnc2nc(-c3cc(N)ccc3F)cn2c1. The summed E-state index contributed by atoms with van der Waals surface area (Å²) in [6.45, 7) is 4.19. The smallest absolute Gasteiger partial charge is 0.234 e. The van der Waals surface area contributed by atoms with E-state index >= 15 is 0 Å². The summed E-state index contributed by atoms with van der Waals surface area (Å²) in [6.07, 6.45) is 5.53. The van der Waals surface area contributed by atoms with Gasteiger partial charge in [-0.25, -0.2) is 14.4 Å². The van der Waals surface area contributed by atoms with Crippen LogP contribution in [0.15, 0.2) is 36.8 Å². The van der Waals surface area contributed by atoms with Crippen molar-refractivity contribution in [3.8, 4) is 11.3 Å². The van der Waals surface area contributed by atoms with Crippen LogP contribution in [-0.4, -0.2) is 14.4 Å². The Morgan fingerprint density at radius 1 is 1.25 bits per heavy atom. The molecule has 0 bridgehead atoms. The molecule has 20 heavy (non-hydrogen) atoms. The Hall–Kier alpha value is -2.43. The Bertz CT molecular complexity index is 777. The monoisotopic (exact) mass is 270 g/mol. The minimum atomic E-state index is -0.341. The van der Waals surface area contributed by atoms with Gasteiger partial charge in [-0.2, -0.15) is 0 Å². The molecule has 2 aromatic heterocycles. The topological polar surface area (TPSA) is 56.2 Å². The lowest BCUT2D eigenvalue weighted by molar-refractivity contribution is 0.631. The van der Waals surface area contributed by atoms with Crippen LogP contribution >= 0.6 is 0 Å². The van der Waals surface area contributed by atoms with Crippen molar-refractivity contribution in [2.75, 3.05) is 5.73 Å². The highest BCUT2D eigenvalue weighted by Gasteiger charge is 2.11. The quantitative estimate of drug-likeness (QED) is 0.727. The zero-order valence-electron chi connectivity index (χ0n) is 11.3. The zero-order chi connectivity index (χ0) is 14.3. The number of anilines is 1. The lowest BCUT2D eigenvalue weighted by Crippen LogP contribution is -1.94. The summed E-state index contributed by atoms with van der Waals surface area (Å²) < 4.78 is 15.7. The maximum absolute atomic E-state index is 13.9. The second-order valence-electron chi connectivity index (χ2n) is 5.11. The summed E-state index contributed by atoms with van der Waals surface area (Å²) >= 11 is 0. The fraction of sp³-hybridized carbons (Fsp3) is 0.200. The van der Waals surface area contributed by atoms with Crippen molar-refractivity contribution in [1.29, 1.82) is 0 Å². The first-order chi connectivity index (χ1) is 9.54. The molecule has 0 unspecified atom stereocenters. The minimum absolute atomic E-state index is 0.341. The number of nitrogen functional groups attached to an aromatic ring is 1. The second-order valence-corrected chi connectivity index (χ2v) is 5.11. The highest BCUT2D eigenvalue weighted by molar-refractivity contribution is 5.66. The largest absolute Gasteiger partial charge is 0.399 e. The Morgan fingerprint density at radius 3 is 2.80 bits per heavy atom. The second kappa shape index (κ2) is 4.59. The third-order valence-electron chi connectivity index (χ3n) is 3.26. The van der Waals surface area contributed by atoms with Gasteiger partial charge in [0.2, 0.25) is 5.78 Å². The summed E-state index contributed by atoms with van der Waals surface area (Å²) in [5, 5.41) is 0. The molecule has 5 heteroatoms. The summed E-state index contributed by atoms with van der Waals surface area (Å²) in [5.74, 6) is 0.583. The first kappa shape index (κ1) is 12.6. The summed E-state index contributed by atoms with van der Waals surface area (Å²) in [4.78, 5) is 8.64. The molecule has 0 fully saturated rings. The summed E-state index contributed by atoms with van der Waals surface area (Å²) in [5.41, 5.74) is 8.24. The molecule has 0 spiro atoms. The van der Waals surface area contributed by atoms with Gasteiger partial charge in [0.05, 0.1) is 5.69 Å². The molecule has 3 rings (SSSR count). The van der Waals surface area contributed by atoms with Crippen molar-refractivity contribution in [2.45, 2.75) is 19.8 Å². The molecule has 0 atom stereocenters. The average molecular weight is 270 g/mol. The fourth-order valence-corrected chi connectivity index (χ4v) is 2.07. The molecule has 3 aromatic rings.